The Balaban J connectivity index is 1.57. The van der Waals surface area contributed by atoms with Gasteiger partial charge in [0, 0.05) is 30.7 Å². The van der Waals surface area contributed by atoms with Crippen LogP contribution >= 0.6 is 11.8 Å². The van der Waals surface area contributed by atoms with E-state index in [9.17, 15) is 14.9 Å². The lowest BCUT2D eigenvalue weighted by molar-refractivity contribution is -0.120. The molecule has 2 aliphatic heterocycles. The number of likely N-dealkylation sites (tertiary alicyclic amines) is 1. The molecule has 2 heterocycles. The first-order valence-corrected chi connectivity index (χ1v) is 10.5. The molecule has 0 spiro atoms. The van der Waals surface area contributed by atoms with Gasteiger partial charge in [0.25, 0.3) is 0 Å². The number of thioether (sulfide) groups is 1. The number of nitriles is 1. The highest BCUT2D eigenvalue weighted by Gasteiger charge is 2.41. The van der Waals surface area contributed by atoms with Crippen LogP contribution in [0.3, 0.4) is 0 Å². The molecule has 28 heavy (non-hydrogen) atoms. The van der Waals surface area contributed by atoms with Crippen LogP contribution in [0.2, 0.25) is 0 Å². The van der Waals surface area contributed by atoms with E-state index in [0.29, 0.717) is 49.6 Å². The van der Waals surface area contributed by atoms with Crippen molar-refractivity contribution in [3.05, 3.63) is 46.0 Å². The monoisotopic (exact) mass is 399 g/mol. The number of ether oxygens (including phenoxy) is 1. The van der Waals surface area contributed by atoms with Crippen molar-refractivity contribution in [3.63, 3.8) is 0 Å². The minimum atomic E-state index is -0.310. The molecule has 0 saturated carbocycles. The summed E-state index contributed by atoms with van der Waals surface area (Å²) in [6.45, 7) is 5.27. The summed E-state index contributed by atoms with van der Waals surface area (Å²) in [6, 6.07) is 10.4. The average molecular weight is 400 g/mol. The first kappa shape index (κ1) is 20.3. The van der Waals surface area contributed by atoms with Crippen LogP contribution in [0.1, 0.15) is 30.9 Å². The van der Waals surface area contributed by atoms with Crippen LogP contribution < -0.4 is 5.32 Å². The van der Waals surface area contributed by atoms with Crippen molar-refractivity contribution >= 4 is 23.8 Å². The van der Waals surface area contributed by atoms with Gasteiger partial charge in [-0.15, -0.1) is 11.8 Å². The summed E-state index contributed by atoms with van der Waals surface area (Å²) in [4.78, 5) is 26.1. The molecule has 3 rings (SSSR count). The molecule has 0 aromatic heterocycles. The van der Waals surface area contributed by atoms with Crippen molar-refractivity contribution in [2.75, 3.05) is 19.7 Å². The van der Waals surface area contributed by atoms with E-state index < -0.39 is 0 Å². The molecule has 148 valence electrons. The largest absolute Gasteiger partial charge is 0.450 e. The number of nitrogens with one attached hydrogen (secondary N) is 1. The third kappa shape index (κ3) is 4.68. The third-order valence-corrected chi connectivity index (χ3v) is 6.44. The van der Waals surface area contributed by atoms with Gasteiger partial charge < -0.3 is 15.0 Å². The van der Waals surface area contributed by atoms with Crippen LogP contribution in [-0.2, 0) is 16.0 Å². The fraction of sp³-hybridized carbons (Fsp3) is 0.476. The number of rotatable bonds is 5. The SMILES string of the molecule is CCOC(=O)N1CCC2C(C#N)=C(NC(=O)CCc3ccc(C)cc3)SC2C1. The molecule has 2 amide bonds. The molecule has 2 aliphatic rings. The molecule has 0 radical (unpaired) electrons. The van der Waals surface area contributed by atoms with Crippen LogP contribution in [0.25, 0.3) is 0 Å². The highest BCUT2D eigenvalue weighted by Crippen LogP contribution is 2.44. The average Bonchev–Trinajstić information content (AvgIpc) is 3.03. The van der Waals surface area contributed by atoms with Crippen LogP contribution in [0.4, 0.5) is 4.79 Å². The lowest BCUT2D eigenvalue weighted by atomic mass is 9.90. The smallest absolute Gasteiger partial charge is 0.409 e. The Kier molecular flexibility index (Phi) is 6.63. The Bertz CT molecular complexity index is 813. The molecule has 1 aromatic carbocycles. The summed E-state index contributed by atoms with van der Waals surface area (Å²) < 4.78 is 5.09. The lowest BCUT2D eigenvalue weighted by Crippen LogP contribution is -2.44. The predicted octanol–water partition coefficient (Wildman–Crippen LogP) is 3.37. The summed E-state index contributed by atoms with van der Waals surface area (Å²) in [6.07, 6.45) is 1.43. The van der Waals surface area contributed by atoms with Gasteiger partial charge in [-0.1, -0.05) is 29.8 Å². The van der Waals surface area contributed by atoms with E-state index in [2.05, 4.69) is 11.4 Å². The maximum atomic E-state index is 12.4. The van der Waals surface area contributed by atoms with Gasteiger partial charge in [-0.2, -0.15) is 5.26 Å². The molecule has 1 N–H and O–H groups in total. The number of benzene rings is 1. The lowest BCUT2D eigenvalue weighted by Gasteiger charge is -2.33. The van der Waals surface area contributed by atoms with Crippen molar-refractivity contribution in [1.82, 2.24) is 10.2 Å². The molecule has 0 bridgehead atoms. The summed E-state index contributed by atoms with van der Waals surface area (Å²) in [5.74, 6) is -0.00945. The molecule has 6 nitrogen and oxygen atoms in total. The van der Waals surface area contributed by atoms with Crippen LogP contribution in [0.5, 0.6) is 0 Å². The van der Waals surface area contributed by atoms with E-state index in [-0.39, 0.29) is 23.2 Å². The molecule has 0 aliphatic carbocycles. The summed E-state index contributed by atoms with van der Waals surface area (Å²) in [7, 11) is 0. The number of aryl methyl sites for hydroxylation is 2. The molecular weight excluding hydrogens is 374 g/mol. The van der Waals surface area contributed by atoms with Gasteiger partial charge in [0.2, 0.25) is 5.91 Å². The summed E-state index contributed by atoms with van der Waals surface area (Å²) in [5.41, 5.74) is 2.95. The number of nitrogens with zero attached hydrogens (tertiary/aromatic N) is 2. The Morgan fingerprint density at radius 3 is 2.79 bits per heavy atom. The van der Waals surface area contributed by atoms with Crippen molar-refractivity contribution in [2.24, 2.45) is 5.92 Å². The van der Waals surface area contributed by atoms with Crippen molar-refractivity contribution in [3.8, 4) is 6.07 Å². The van der Waals surface area contributed by atoms with Gasteiger partial charge >= 0.3 is 6.09 Å². The molecule has 1 aromatic rings. The van der Waals surface area contributed by atoms with Crippen molar-refractivity contribution in [2.45, 2.75) is 38.4 Å². The Morgan fingerprint density at radius 1 is 1.36 bits per heavy atom. The van der Waals surface area contributed by atoms with Gasteiger partial charge in [-0.05, 0) is 32.3 Å². The third-order valence-electron chi connectivity index (χ3n) is 5.10. The fourth-order valence-corrected chi connectivity index (χ4v) is 5.05. The minimum absolute atomic E-state index is 0.0769. The van der Waals surface area contributed by atoms with Crippen LogP contribution in [-0.4, -0.2) is 41.8 Å². The van der Waals surface area contributed by atoms with Crippen LogP contribution in [0.15, 0.2) is 34.9 Å². The quantitative estimate of drug-likeness (QED) is 0.821. The zero-order valence-corrected chi connectivity index (χ0v) is 17.1. The zero-order valence-electron chi connectivity index (χ0n) is 16.2. The topological polar surface area (TPSA) is 82.4 Å². The number of carbonyl (C=O) groups is 2. The highest BCUT2D eigenvalue weighted by molar-refractivity contribution is 8.04. The maximum Gasteiger partial charge on any atom is 0.409 e. The van der Waals surface area contributed by atoms with Crippen molar-refractivity contribution in [1.29, 1.82) is 5.26 Å². The molecular formula is C21H25N3O3S. The van der Waals surface area contributed by atoms with E-state index in [1.165, 1.54) is 17.3 Å². The number of carbonyl (C=O) groups excluding carboxylic acids is 2. The number of allylic oxidation sites excluding steroid dienone is 1. The standard InChI is InChI=1S/C21H25N3O3S/c1-3-27-21(26)24-11-10-16-17(12-22)20(28-18(16)13-24)23-19(25)9-8-15-6-4-14(2)5-7-15/h4-7,16,18H,3,8-11,13H2,1-2H3,(H,23,25). The maximum absolute atomic E-state index is 12.4. The second-order valence-electron chi connectivity index (χ2n) is 7.08. The Hall–Kier alpha value is -2.46. The van der Waals surface area contributed by atoms with E-state index in [1.54, 1.807) is 11.8 Å². The van der Waals surface area contributed by atoms with Crippen molar-refractivity contribution < 1.29 is 14.3 Å². The van der Waals surface area contributed by atoms with Gasteiger partial charge in [0.1, 0.15) is 0 Å². The van der Waals surface area contributed by atoms with E-state index >= 15 is 0 Å². The van der Waals surface area contributed by atoms with E-state index in [4.69, 9.17) is 4.74 Å². The molecule has 2 unspecified atom stereocenters. The number of amides is 2. The first-order chi connectivity index (χ1) is 13.5. The predicted molar refractivity (Wildman–Crippen MR) is 108 cm³/mol. The van der Waals surface area contributed by atoms with Crippen LogP contribution in [0, 0.1) is 24.2 Å². The Labute approximate surface area is 169 Å². The Morgan fingerprint density at radius 2 is 2.11 bits per heavy atom. The molecule has 1 fully saturated rings. The zero-order chi connectivity index (χ0) is 20.1. The minimum Gasteiger partial charge on any atom is -0.450 e. The number of piperidine rings is 1. The first-order valence-electron chi connectivity index (χ1n) is 9.59. The molecule has 1 saturated heterocycles. The number of fused-ring (bicyclic) bond motifs is 1. The normalized spacial score (nSPS) is 21.1. The molecule has 2 atom stereocenters. The van der Waals surface area contributed by atoms with E-state index in [0.717, 1.165) is 5.56 Å². The number of hydrogen-bond donors (Lipinski definition) is 1. The second-order valence-corrected chi connectivity index (χ2v) is 8.33. The van der Waals surface area contributed by atoms with Gasteiger partial charge in [-0.25, -0.2) is 4.79 Å². The van der Waals surface area contributed by atoms with E-state index in [1.807, 2.05) is 31.2 Å². The highest BCUT2D eigenvalue weighted by atomic mass is 32.2. The summed E-state index contributed by atoms with van der Waals surface area (Å²) >= 11 is 1.49. The summed E-state index contributed by atoms with van der Waals surface area (Å²) in [5, 5.41) is 13.3. The molecule has 7 heteroatoms. The van der Waals surface area contributed by atoms with Gasteiger partial charge in [0.05, 0.1) is 23.3 Å². The second kappa shape index (κ2) is 9.16. The fourth-order valence-electron chi connectivity index (χ4n) is 3.56. The van der Waals surface area contributed by atoms with Gasteiger partial charge in [0.15, 0.2) is 0 Å². The number of hydrogen-bond acceptors (Lipinski definition) is 5. The van der Waals surface area contributed by atoms with Gasteiger partial charge in [-0.3, -0.25) is 4.79 Å².